The summed E-state index contributed by atoms with van der Waals surface area (Å²) in [6, 6.07) is 10.6. The number of esters is 1. The van der Waals surface area contributed by atoms with Crippen LogP contribution in [0.2, 0.25) is 0 Å². The highest BCUT2D eigenvalue weighted by Crippen LogP contribution is 2.20. The van der Waals surface area contributed by atoms with Crippen molar-refractivity contribution in [2.24, 2.45) is 0 Å². The van der Waals surface area contributed by atoms with E-state index in [0.29, 0.717) is 12.1 Å². The Morgan fingerprint density at radius 2 is 1.80 bits per heavy atom. The first-order valence-electron chi connectivity index (χ1n) is 8.04. The Morgan fingerprint density at radius 1 is 1.08 bits per heavy atom. The van der Waals surface area contributed by atoms with E-state index in [1.165, 1.54) is 6.07 Å². The lowest BCUT2D eigenvalue weighted by molar-refractivity contribution is -0.143. The summed E-state index contributed by atoms with van der Waals surface area (Å²) in [5, 5.41) is 9.89. The average Bonchev–Trinajstić information content (AvgIpc) is 2.62. The van der Waals surface area contributed by atoms with Gasteiger partial charge in [0.15, 0.2) is 5.78 Å². The van der Waals surface area contributed by atoms with E-state index >= 15 is 0 Å². The molecule has 0 fully saturated rings. The number of rotatable bonds is 8. The topological polar surface area (TPSA) is 85.7 Å². The number of ether oxygens (including phenoxy) is 2. The smallest absolute Gasteiger partial charge is 0.306 e. The zero-order chi connectivity index (χ0) is 18.2. The van der Waals surface area contributed by atoms with Crippen LogP contribution >= 0.6 is 0 Å². The standard InChI is InChI=1S/C19H21NO5/c1-3-25-18(23)11-10-17(22)19-16(21)9-6-14(20-19)12-13-4-7-15(24-2)8-5-13/h4-9,21H,3,10-12H2,1-2H3. The van der Waals surface area contributed by atoms with E-state index in [9.17, 15) is 14.7 Å². The van der Waals surface area contributed by atoms with Crippen molar-refractivity contribution in [1.82, 2.24) is 4.98 Å². The Bertz CT molecular complexity index is 740. The summed E-state index contributed by atoms with van der Waals surface area (Å²) in [6.45, 7) is 1.98. The first-order valence-corrected chi connectivity index (χ1v) is 8.04. The highest BCUT2D eigenvalue weighted by Gasteiger charge is 2.16. The van der Waals surface area contributed by atoms with E-state index in [4.69, 9.17) is 9.47 Å². The molecule has 0 unspecified atom stereocenters. The Morgan fingerprint density at radius 3 is 2.44 bits per heavy atom. The minimum atomic E-state index is -0.440. The van der Waals surface area contributed by atoms with Gasteiger partial charge in [0.1, 0.15) is 17.2 Å². The fourth-order valence-corrected chi connectivity index (χ4v) is 2.32. The molecule has 0 spiro atoms. The predicted octanol–water partition coefficient (Wildman–Crippen LogP) is 2.91. The van der Waals surface area contributed by atoms with E-state index in [1.54, 1.807) is 20.1 Å². The van der Waals surface area contributed by atoms with Crippen molar-refractivity contribution in [3.8, 4) is 11.5 Å². The van der Waals surface area contributed by atoms with Crippen molar-refractivity contribution < 1.29 is 24.2 Å². The first-order chi connectivity index (χ1) is 12.0. The number of hydrogen-bond acceptors (Lipinski definition) is 6. The summed E-state index contributed by atoms with van der Waals surface area (Å²) in [5.41, 5.74) is 1.64. The largest absolute Gasteiger partial charge is 0.506 e. The minimum absolute atomic E-state index is 0.0182. The van der Waals surface area contributed by atoms with Crippen LogP contribution in [0, 0.1) is 0 Å². The van der Waals surface area contributed by atoms with Crippen molar-refractivity contribution >= 4 is 11.8 Å². The van der Waals surface area contributed by atoms with Crippen LogP contribution in [0.4, 0.5) is 0 Å². The summed E-state index contributed by atoms with van der Waals surface area (Å²) >= 11 is 0. The lowest BCUT2D eigenvalue weighted by Gasteiger charge is -2.07. The molecule has 1 aromatic carbocycles. The van der Waals surface area contributed by atoms with Gasteiger partial charge >= 0.3 is 5.97 Å². The number of methoxy groups -OCH3 is 1. The van der Waals surface area contributed by atoms with Crippen LogP contribution in [0.3, 0.4) is 0 Å². The third kappa shape index (κ3) is 5.31. The molecule has 0 saturated heterocycles. The molecular formula is C19H21NO5. The maximum absolute atomic E-state index is 12.2. The SMILES string of the molecule is CCOC(=O)CCC(=O)c1nc(Cc2ccc(OC)cc2)ccc1O. The maximum atomic E-state index is 12.2. The quantitative estimate of drug-likeness (QED) is 0.586. The second kappa shape index (κ2) is 8.82. The Kier molecular flexibility index (Phi) is 6.51. The molecule has 0 bridgehead atoms. The fraction of sp³-hybridized carbons (Fsp3) is 0.316. The molecule has 0 aliphatic carbocycles. The normalized spacial score (nSPS) is 10.3. The van der Waals surface area contributed by atoms with Gasteiger partial charge in [-0.2, -0.15) is 0 Å². The predicted molar refractivity (Wildman–Crippen MR) is 91.9 cm³/mol. The average molecular weight is 343 g/mol. The van der Waals surface area contributed by atoms with E-state index in [1.807, 2.05) is 24.3 Å². The summed E-state index contributed by atoms with van der Waals surface area (Å²) in [4.78, 5) is 27.8. The number of hydrogen-bond donors (Lipinski definition) is 1. The maximum Gasteiger partial charge on any atom is 0.306 e. The van der Waals surface area contributed by atoms with Gasteiger partial charge in [-0.25, -0.2) is 4.98 Å². The van der Waals surface area contributed by atoms with E-state index in [2.05, 4.69) is 4.98 Å². The Balaban J connectivity index is 2.08. The molecule has 1 heterocycles. The zero-order valence-corrected chi connectivity index (χ0v) is 14.3. The molecule has 0 aliphatic heterocycles. The molecule has 132 valence electrons. The van der Waals surface area contributed by atoms with E-state index in [0.717, 1.165) is 11.3 Å². The van der Waals surface area contributed by atoms with Gasteiger partial charge in [0.2, 0.25) is 0 Å². The van der Waals surface area contributed by atoms with Gasteiger partial charge in [0.25, 0.3) is 0 Å². The highest BCUT2D eigenvalue weighted by molar-refractivity contribution is 5.98. The van der Waals surface area contributed by atoms with Crippen LogP contribution in [0.25, 0.3) is 0 Å². The molecule has 6 nitrogen and oxygen atoms in total. The van der Waals surface area contributed by atoms with Crippen LogP contribution in [0.15, 0.2) is 36.4 Å². The molecule has 0 aliphatic rings. The van der Waals surface area contributed by atoms with Crippen molar-refractivity contribution in [1.29, 1.82) is 0 Å². The number of benzene rings is 1. The van der Waals surface area contributed by atoms with Gasteiger partial charge in [-0.15, -0.1) is 0 Å². The van der Waals surface area contributed by atoms with Crippen LogP contribution in [0.1, 0.15) is 41.5 Å². The van der Waals surface area contributed by atoms with E-state index in [-0.39, 0.29) is 36.7 Å². The van der Waals surface area contributed by atoms with Crippen LogP contribution in [0.5, 0.6) is 11.5 Å². The lowest BCUT2D eigenvalue weighted by atomic mass is 10.1. The second-order valence-electron chi connectivity index (χ2n) is 5.42. The lowest BCUT2D eigenvalue weighted by Crippen LogP contribution is -2.10. The molecule has 0 amide bonds. The molecule has 1 N–H and O–H groups in total. The van der Waals surface area contributed by atoms with Crippen molar-refractivity contribution in [2.75, 3.05) is 13.7 Å². The third-order valence-electron chi connectivity index (χ3n) is 3.60. The third-order valence-corrected chi connectivity index (χ3v) is 3.60. The van der Waals surface area contributed by atoms with Crippen molar-refractivity contribution in [3.63, 3.8) is 0 Å². The number of Topliss-reactive ketones (excluding diaryl/α,β-unsaturated/α-hetero) is 1. The molecule has 0 saturated carbocycles. The number of pyridine rings is 1. The molecule has 25 heavy (non-hydrogen) atoms. The molecule has 2 aromatic rings. The number of carbonyl (C=O) groups excluding carboxylic acids is 2. The van der Waals surface area contributed by atoms with Crippen LogP contribution in [-0.4, -0.2) is 35.6 Å². The fourth-order valence-electron chi connectivity index (χ4n) is 2.32. The summed E-state index contributed by atoms with van der Waals surface area (Å²) in [5.74, 6) is -0.253. The zero-order valence-electron chi connectivity index (χ0n) is 14.3. The number of carbonyl (C=O) groups is 2. The number of ketones is 1. The number of aromatic hydroxyl groups is 1. The summed E-state index contributed by atoms with van der Waals surface area (Å²) < 4.78 is 9.91. The van der Waals surface area contributed by atoms with Gasteiger partial charge in [-0.3, -0.25) is 9.59 Å². The molecule has 1 aromatic heterocycles. The Labute approximate surface area is 146 Å². The summed E-state index contributed by atoms with van der Waals surface area (Å²) in [7, 11) is 1.60. The van der Waals surface area contributed by atoms with E-state index < -0.39 is 5.97 Å². The van der Waals surface area contributed by atoms with Gasteiger partial charge in [-0.05, 0) is 36.8 Å². The first kappa shape index (κ1) is 18.4. The number of nitrogens with zero attached hydrogens (tertiary/aromatic N) is 1. The highest BCUT2D eigenvalue weighted by atomic mass is 16.5. The van der Waals surface area contributed by atoms with Crippen LogP contribution < -0.4 is 4.74 Å². The Hall–Kier alpha value is -2.89. The van der Waals surface area contributed by atoms with Gasteiger partial charge in [0.05, 0.1) is 20.1 Å². The summed E-state index contributed by atoms with van der Waals surface area (Å²) in [6.07, 6.45) is 0.435. The van der Waals surface area contributed by atoms with Crippen molar-refractivity contribution in [3.05, 3.63) is 53.3 Å². The van der Waals surface area contributed by atoms with Crippen LogP contribution in [-0.2, 0) is 16.0 Å². The van der Waals surface area contributed by atoms with Gasteiger partial charge < -0.3 is 14.6 Å². The molecule has 2 rings (SSSR count). The second-order valence-corrected chi connectivity index (χ2v) is 5.42. The minimum Gasteiger partial charge on any atom is -0.506 e. The molecular weight excluding hydrogens is 322 g/mol. The monoisotopic (exact) mass is 343 g/mol. The molecule has 0 radical (unpaired) electrons. The van der Waals surface area contributed by atoms with Gasteiger partial charge in [0, 0.05) is 18.5 Å². The van der Waals surface area contributed by atoms with Crippen molar-refractivity contribution in [2.45, 2.75) is 26.2 Å². The van der Waals surface area contributed by atoms with Gasteiger partial charge in [-0.1, -0.05) is 12.1 Å². The molecule has 6 heteroatoms. The number of aromatic nitrogens is 1. The molecule has 0 atom stereocenters.